The first-order valence-corrected chi connectivity index (χ1v) is 10.3. The number of alkyl halides is 3. The molecule has 0 spiro atoms. The summed E-state index contributed by atoms with van der Waals surface area (Å²) in [5, 5.41) is 10.7. The second-order valence-electron chi connectivity index (χ2n) is 8.65. The number of aliphatic imine (C=N–C) groups is 1. The zero-order chi connectivity index (χ0) is 23.3. The average molecular weight is 436 g/mol. The fourth-order valence-electron chi connectivity index (χ4n) is 3.67. The van der Waals surface area contributed by atoms with Crippen molar-refractivity contribution < 1.29 is 18.3 Å². The predicted molar refractivity (Wildman–Crippen MR) is 120 cm³/mol. The van der Waals surface area contributed by atoms with E-state index in [9.17, 15) is 18.3 Å². The van der Waals surface area contributed by atoms with Gasteiger partial charge < -0.3 is 15.7 Å². The van der Waals surface area contributed by atoms with Crippen molar-refractivity contribution in [2.24, 2.45) is 10.7 Å². The zero-order valence-corrected chi connectivity index (χ0v) is 18.6. The van der Waals surface area contributed by atoms with Gasteiger partial charge in [-0.15, -0.1) is 0 Å². The van der Waals surface area contributed by atoms with E-state index in [0.29, 0.717) is 6.42 Å². The van der Waals surface area contributed by atoms with Gasteiger partial charge in [0.25, 0.3) is 0 Å². The molecule has 0 saturated heterocycles. The molecular weight excluding hydrogens is 403 g/mol. The monoisotopic (exact) mass is 435 g/mol. The maximum absolute atomic E-state index is 13.9. The molecule has 2 rings (SSSR count). The molecule has 0 fully saturated rings. The Morgan fingerprint density at radius 2 is 1.87 bits per heavy atom. The lowest BCUT2D eigenvalue weighted by atomic mass is 9.73. The Balaban J connectivity index is 2.23. The summed E-state index contributed by atoms with van der Waals surface area (Å²) in [6.07, 6.45) is 1.19. The Hall–Kier alpha value is -2.54. The summed E-state index contributed by atoms with van der Waals surface area (Å²) in [5.41, 5.74) is 3.58. The van der Waals surface area contributed by atoms with Crippen molar-refractivity contribution in [3.8, 4) is 0 Å². The van der Waals surface area contributed by atoms with Gasteiger partial charge in [0, 0.05) is 31.9 Å². The molecule has 1 atom stereocenters. The van der Waals surface area contributed by atoms with Crippen molar-refractivity contribution in [1.82, 2.24) is 4.90 Å². The van der Waals surface area contributed by atoms with Crippen LogP contribution >= 0.6 is 0 Å². The molecule has 170 valence electrons. The molecule has 0 aromatic heterocycles. The van der Waals surface area contributed by atoms with Gasteiger partial charge in [0.1, 0.15) is 5.82 Å². The average Bonchev–Trinajstić information content (AvgIpc) is 2.92. The number of hydrogen-bond acceptors (Lipinski definition) is 4. The van der Waals surface area contributed by atoms with E-state index in [-0.39, 0.29) is 5.70 Å². The highest BCUT2D eigenvalue weighted by atomic mass is 19.4. The van der Waals surface area contributed by atoms with Crippen molar-refractivity contribution in [2.45, 2.75) is 57.2 Å². The van der Waals surface area contributed by atoms with Crippen molar-refractivity contribution in [3.05, 3.63) is 71.2 Å². The van der Waals surface area contributed by atoms with E-state index in [1.165, 1.54) is 6.08 Å². The van der Waals surface area contributed by atoms with Crippen LogP contribution < -0.4 is 5.73 Å². The molecule has 0 saturated carbocycles. The third kappa shape index (κ3) is 6.47. The standard InChI is InChI=1S/C24H32F3N3O/c1-5-30(4)21-12-11-18(13-14-29-21)15-20(28)16-23(31,24(25,26)27)17-22(2,3)19-9-7-6-8-10-19/h6-10,12-15,31H,5,11,16-17,28H2,1-4H3/b20-15-. The molecule has 31 heavy (non-hydrogen) atoms. The summed E-state index contributed by atoms with van der Waals surface area (Å²) in [6, 6.07) is 8.88. The fourth-order valence-corrected chi connectivity index (χ4v) is 3.67. The minimum Gasteiger partial charge on any atom is -0.402 e. The van der Waals surface area contributed by atoms with Crippen molar-refractivity contribution >= 4 is 6.21 Å². The highest BCUT2D eigenvalue weighted by molar-refractivity contribution is 5.74. The third-order valence-electron chi connectivity index (χ3n) is 5.57. The number of nitrogens with two attached hydrogens (primary N) is 1. The SMILES string of the molecule is CCN(C)C1=CCC(/C=C(\N)CC(O)(CC(C)(C)c2ccccc2)C(F)(F)F)=CC=N1. The molecular formula is C24H32F3N3O. The van der Waals surface area contributed by atoms with E-state index in [4.69, 9.17) is 5.73 Å². The van der Waals surface area contributed by atoms with Crippen LogP contribution in [0, 0.1) is 0 Å². The van der Waals surface area contributed by atoms with Crippen LogP contribution in [0.25, 0.3) is 0 Å². The molecule has 0 radical (unpaired) electrons. The van der Waals surface area contributed by atoms with E-state index >= 15 is 0 Å². The summed E-state index contributed by atoms with van der Waals surface area (Å²) in [5.74, 6) is 0.789. The Labute approximate surface area is 182 Å². The molecule has 1 unspecified atom stereocenters. The van der Waals surface area contributed by atoms with Gasteiger partial charge in [-0.25, -0.2) is 4.99 Å². The number of hydrogen-bond donors (Lipinski definition) is 2. The number of benzene rings is 1. The first-order valence-electron chi connectivity index (χ1n) is 10.3. The fraction of sp³-hybridized carbons (Fsp3) is 0.458. The van der Waals surface area contributed by atoms with Crippen LogP contribution in [0.4, 0.5) is 13.2 Å². The van der Waals surface area contributed by atoms with Crippen LogP contribution in [0.5, 0.6) is 0 Å². The Bertz CT molecular complexity index is 870. The first kappa shape index (κ1) is 24.7. The molecule has 0 aliphatic carbocycles. The minimum atomic E-state index is -4.83. The van der Waals surface area contributed by atoms with E-state index in [1.54, 1.807) is 56.5 Å². The molecule has 1 heterocycles. The zero-order valence-electron chi connectivity index (χ0n) is 18.6. The van der Waals surface area contributed by atoms with Gasteiger partial charge in [-0.1, -0.05) is 44.2 Å². The van der Waals surface area contributed by atoms with Crippen LogP contribution in [0.2, 0.25) is 0 Å². The molecule has 7 heteroatoms. The van der Waals surface area contributed by atoms with Gasteiger partial charge in [0.05, 0.1) is 0 Å². The lowest BCUT2D eigenvalue weighted by molar-refractivity contribution is -0.266. The summed E-state index contributed by atoms with van der Waals surface area (Å²) >= 11 is 0. The number of allylic oxidation sites excluding steroid dienone is 4. The van der Waals surface area contributed by atoms with Gasteiger partial charge in [-0.3, -0.25) is 0 Å². The number of halogens is 3. The van der Waals surface area contributed by atoms with E-state index in [0.717, 1.165) is 23.5 Å². The maximum Gasteiger partial charge on any atom is 0.417 e. The van der Waals surface area contributed by atoms with E-state index < -0.39 is 30.0 Å². The number of nitrogens with zero attached hydrogens (tertiary/aromatic N) is 2. The molecule has 1 aromatic carbocycles. The molecule has 1 aliphatic heterocycles. The van der Waals surface area contributed by atoms with Crippen LogP contribution in [0.15, 0.2) is 70.6 Å². The maximum atomic E-state index is 13.9. The van der Waals surface area contributed by atoms with Gasteiger partial charge in [0.15, 0.2) is 5.60 Å². The van der Waals surface area contributed by atoms with Crippen LogP contribution in [0.1, 0.15) is 45.6 Å². The van der Waals surface area contributed by atoms with Gasteiger partial charge in [-0.05, 0) is 54.5 Å². The molecule has 0 amide bonds. The predicted octanol–water partition coefficient (Wildman–Crippen LogP) is 5.07. The summed E-state index contributed by atoms with van der Waals surface area (Å²) < 4.78 is 41.8. The largest absolute Gasteiger partial charge is 0.417 e. The van der Waals surface area contributed by atoms with Crippen molar-refractivity contribution in [3.63, 3.8) is 0 Å². The molecule has 0 bridgehead atoms. The van der Waals surface area contributed by atoms with Crippen molar-refractivity contribution in [1.29, 1.82) is 0 Å². The van der Waals surface area contributed by atoms with E-state index in [2.05, 4.69) is 4.99 Å². The normalized spacial score (nSPS) is 17.5. The summed E-state index contributed by atoms with van der Waals surface area (Å²) in [6.45, 7) is 6.17. The Kier molecular flexibility index (Phi) is 7.76. The Morgan fingerprint density at radius 1 is 1.23 bits per heavy atom. The Morgan fingerprint density at radius 3 is 2.45 bits per heavy atom. The summed E-state index contributed by atoms with van der Waals surface area (Å²) in [7, 11) is 1.91. The van der Waals surface area contributed by atoms with Crippen LogP contribution in [-0.4, -0.2) is 41.6 Å². The highest BCUT2D eigenvalue weighted by Crippen LogP contribution is 2.44. The molecule has 1 aromatic rings. The second-order valence-corrected chi connectivity index (χ2v) is 8.65. The van der Waals surface area contributed by atoms with Gasteiger partial charge in [-0.2, -0.15) is 13.2 Å². The summed E-state index contributed by atoms with van der Waals surface area (Å²) in [4.78, 5) is 6.30. The first-order chi connectivity index (χ1) is 14.4. The highest BCUT2D eigenvalue weighted by Gasteiger charge is 2.55. The quantitative estimate of drug-likeness (QED) is 0.599. The second kappa shape index (κ2) is 9.73. The van der Waals surface area contributed by atoms with Crippen molar-refractivity contribution in [2.75, 3.05) is 13.6 Å². The molecule has 3 N–H and O–H groups in total. The molecule has 1 aliphatic rings. The van der Waals surface area contributed by atoms with E-state index in [1.807, 2.05) is 24.9 Å². The van der Waals surface area contributed by atoms with Crippen LogP contribution in [-0.2, 0) is 5.41 Å². The number of rotatable bonds is 8. The minimum absolute atomic E-state index is 0.0240. The van der Waals surface area contributed by atoms with Gasteiger partial charge in [0.2, 0.25) is 0 Å². The molecule has 4 nitrogen and oxygen atoms in total. The smallest absolute Gasteiger partial charge is 0.402 e. The van der Waals surface area contributed by atoms with Gasteiger partial charge >= 0.3 is 6.18 Å². The third-order valence-corrected chi connectivity index (χ3v) is 5.57. The topological polar surface area (TPSA) is 61.8 Å². The number of aliphatic hydroxyl groups is 1. The lowest BCUT2D eigenvalue weighted by Crippen LogP contribution is -2.50. The van der Waals surface area contributed by atoms with Crippen LogP contribution in [0.3, 0.4) is 0 Å². The lowest BCUT2D eigenvalue weighted by Gasteiger charge is -2.38.